The zero-order valence-electron chi connectivity index (χ0n) is 14.4. The van der Waals surface area contributed by atoms with Crippen molar-refractivity contribution in [3.8, 4) is 26.9 Å². The summed E-state index contributed by atoms with van der Waals surface area (Å²) < 4.78 is 7.42. The third-order valence-electron chi connectivity index (χ3n) is 4.29. The normalized spacial score (nSPS) is 11.2. The Balaban J connectivity index is 1.76. The van der Waals surface area contributed by atoms with Crippen molar-refractivity contribution in [3.05, 3.63) is 66.7 Å². The van der Waals surface area contributed by atoms with Crippen LogP contribution >= 0.6 is 22.7 Å². The summed E-state index contributed by atoms with van der Waals surface area (Å²) in [5.74, 6) is 0.353. The summed E-state index contributed by atoms with van der Waals surface area (Å²) in [6, 6.07) is 21.3. The molecule has 0 spiro atoms. The molecule has 5 rings (SSSR count). The average molecular weight is 404 g/mol. The number of nitrogens with zero attached hydrogens (tertiary/aromatic N) is 2. The second-order valence-corrected chi connectivity index (χ2v) is 8.16. The zero-order valence-corrected chi connectivity index (χ0v) is 16.1. The van der Waals surface area contributed by atoms with Crippen LogP contribution in [0.1, 0.15) is 0 Å². The van der Waals surface area contributed by atoms with E-state index in [-0.39, 0.29) is 0 Å². The molecule has 0 aliphatic rings. The van der Waals surface area contributed by atoms with E-state index < -0.39 is 7.32 Å². The predicted molar refractivity (Wildman–Crippen MR) is 114 cm³/mol. The molecule has 8 heteroatoms. The highest BCUT2D eigenvalue weighted by molar-refractivity contribution is 7.22. The number of rotatable bonds is 4. The van der Waals surface area contributed by atoms with E-state index in [1.54, 1.807) is 17.4 Å². The maximum Gasteiger partial charge on any atom is 0.707 e. The van der Waals surface area contributed by atoms with E-state index in [0.717, 1.165) is 36.0 Å². The maximum atomic E-state index is 9.40. The molecule has 0 atom stereocenters. The fourth-order valence-electron chi connectivity index (χ4n) is 3.11. The van der Waals surface area contributed by atoms with Crippen LogP contribution in [0.2, 0.25) is 0 Å². The van der Waals surface area contributed by atoms with Gasteiger partial charge in [0, 0.05) is 5.56 Å². The number of thiazole rings is 2. The first-order valence-corrected chi connectivity index (χ1v) is 10.2. The van der Waals surface area contributed by atoms with Crippen molar-refractivity contribution in [1.29, 1.82) is 0 Å². The minimum absolute atomic E-state index is 0.353. The lowest BCUT2D eigenvalue weighted by Crippen LogP contribution is -2.21. The van der Waals surface area contributed by atoms with Gasteiger partial charge in [0.2, 0.25) is 0 Å². The Kier molecular flexibility index (Phi) is 4.33. The summed E-state index contributed by atoms with van der Waals surface area (Å²) in [7, 11) is -1.92. The minimum atomic E-state index is -1.92. The lowest BCUT2D eigenvalue weighted by molar-refractivity contribution is 0.288. The summed E-state index contributed by atoms with van der Waals surface area (Å²) >= 11 is 3.11. The highest BCUT2D eigenvalue weighted by Gasteiger charge is 2.22. The van der Waals surface area contributed by atoms with E-state index in [9.17, 15) is 10.0 Å². The van der Waals surface area contributed by atoms with Gasteiger partial charge in [0.1, 0.15) is 15.8 Å². The number of fused-ring (bicyclic) bond motifs is 2. The van der Waals surface area contributed by atoms with Crippen LogP contribution in [0.4, 0.5) is 0 Å². The van der Waals surface area contributed by atoms with Crippen LogP contribution < -0.4 is 4.65 Å². The number of hydrogen-bond donors (Lipinski definition) is 2. The number of benzene rings is 3. The quantitative estimate of drug-likeness (QED) is 0.429. The van der Waals surface area contributed by atoms with Crippen LogP contribution in [0.5, 0.6) is 5.75 Å². The summed E-state index contributed by atoms with van der Waals surface area (Å²) in [6.45, 7) is 0. The molecule has 0 bridgehead atoms. The van der Waals surface area contributed by atoms with Gasteiger partial charge in [-0.25, -0.2) is 9.97 Å². The summed E-state index contributed by atoms with van der Waals surface area (Å²) in [4.78, 5) is 9.50. The van der Waals surface area contributed by atoms with Gasteiger partial charge in [-0.05, 0) is 30.3 Å². The van der Waals surface area contributed by atoms with Crippen molar-refractivity contribution in [1.82, 2.24) is 9.97 Å². The Morgan fingerprint density at radius 2 is 1.32 bits per heavy atom. The molecule has 3 aromatic carbocycles. The van der Waals surface area contributed by atoms with Crippen molar-refractivity contribution >= 4 is 50.4 Å². The van der Waals surface area contributed by atoms with Gasteiger partial charge in [-0.1, -0.05) is 36.4 Å². The van der Waals surface area contributed by atoms with E-state index in [4.69, 9.17) is 14.6 Å². The number of hydrogen-bond acceptors (Lipinski definition) is 7. The van der Waals surface area contributed by atoms with Crippen molar-refractivity contribution in [3.63, 3.8) is 0 Å². The third-order valence-corrected chi connectivity index (χ3v) is 6.41. The SMILES string of the molecule is OB(O)Oc1cccc(-c2nc3ccccc3s2)c1-c1nc2ccccc2s1. The largest absolute Gasteiger partial charge is 0.707 e. The molecule has 28 heavy (non-hydrogen) atoms. The minimum Gasteiger partial charge on any atom is -0.511 e. The molecule has 0 fully saturated rings. The zero-order chi connectivity index (χ0) is 19.1. The topological polar surface area (TPSA) is 75.5 Å². The molecule has 5 aromatic rings. The van der Waals surface area contributed by atoms with E-state index >= 15 is 0 Å². The van der Waals surface area contributed by atoms with Crippen LogP contribution in [0.15, 0.2) is 66.7 Å². The Morgan fingerprint density at radius 1 is 0.714 bits per heavy atom. The summed E-state index contributed by atoms with van der Waals surface area (Å²) in [6.07, 6.45) is 0. The highest BCUT2D eigenvalue weighted by Crippen LogP contribution is 2.44. The summed E-state index contributed by atoms with van der Waals surface area (Å²) in [5.41, 5.74) is 3.36. The Labute approximate surface area is 168 Å². The van der Waals surface area contributed by atoms with Gasteiger partial charge < -0.3 is 14.7 Å². The molecule has 2 heterocycles. The molecule has 0 unspecified atom stereocenters. The Hall–Kier alpha value is -2.78. The molecular weight excluding hydrogens is 391 g/mol. The van der Waals surface area contributed by atoms with Crippen molar-refractivity contribution in [2.24, 2.45) is 0 Å². The summed E-state index contributed by atoms with van der Waals surface area (Å²) in [5, 5.41) is 20.4. The van der Waals surface area contributed by atoms with Crippen LogP contribution in [0.3, 0.4) is 0 Å². The van der Waals surface area contributed by atoms with Crippen molar-refractivity contribution < 1.29 is 14.7 Å². The van der Waals surface area contributed by atoms with Gasteiger partial charge >= 0.3 is 7.32 Å². The van der Waals surface area contributed by atoms with Gasteiger partial charge in [-0.3, -0.25) is 0 Å². The lowest BCUT2D eigenvalue weighted by Gasteiger charge is -2.12. The first kappa shape index (κ1) is 17.3. The third kappa shape index (κ3) is 3.06. The van der Waals surface area contributed by atoms with Gasteiger partial charge in [0.15, 0.2) is 0 Å². The second-order valence-electron chi connectivity index (χ2n) is 6.10. The Morgan fingerprint density at radius 3 is 1.96 bits per heavy atom. The van der Waals surface area contributed by atoms with Gasteiger partial charge in [-0.15, -0.1) is 22.7 Å². The maximum absolute atomic E-state index is 9.40. The Bertz CT molecular complexity index is 1230. The molecule has 0 aliphatic heterocycles. The first-order chi connectivity index (χ1) is 13.7. The molecule has 0 radical (unpaired) electrons. The van der Waals surface area contributed by atoms with Gasteiger partial charge in [-0.2, -0.15) is 0 Å². The standard InChI is InChI=1S/C20H13BN2O3S2/c24-21(25)26-15-9-5-6-12(19-22-13-7-1-3-10-16(13)27-19)18(15)20-23-14-8-2-4-11-17(14)28-20/h1-11,24-25H. The van der Waals surface area contributed by atoms with E-state index in [1.165, 1.54) is 11.3 Å². The van der Waals surface area contributed by atoms with E-state index in [2.05, 4.69) is 0 Å². The van der Waals surface area contributed by atoms with Crippen molar-refractivity contribution in [2.75, 3.05) is 0 Å². The van der Waals surface area contributed by atoms with Gasteiger partial charge in [0.05, 0.1) is 26.0 Å². The smallest absolute Gasteiger partial charge is 0.511 e. The molecule has 2 aromatic heterocycles. The van der Waals surface area contributed by atoms with Crippen LogP contribution in [-0.4, -0.2) is 27.3 Å². The molecular formula is C20H13BN2O3S2. The number of aromatic nitrogens is 2. The fourth-order valence-corrected chi connectivity index (χ4v) is 5.14. The first-order valence-electron chi connectivity index (χ1n) is 8.57. The molecule has 0 aliphatic carbocycles. The van der Waals surface area contributed by atoms with Gasteiger partial charge in [0.25, 0.3) is 0 Å². The molecule has 5 nitrogen and oxygen atoms in total. The molecule has 2 N–H and O–H groups in total. The predicted octanol–water partition coefficient (Wildman–Crippen LogP) is 4.59. The van der Waals surface area contributed by atoms with Crippen LogP contribution in [-0.2, 0) is 0 Å². The average Bonchev–Trinajstić information content (AvgIpc) is 3.31. The fraction of sp³-hybridized carbons (Fsp3) is 0. The van der Waals surface area contributed by atoms with Crippen LogP contribution in [0.25, 0.3) is 41.6 Å². The van der Waals surface area contributed by atoms with E-state index in [0.29, 0.717) is 11.3 Å². The second kappa shape index (κ2) is 6.99. The van der Waals surface area contributed by atoms with Crippen LogP contribution in [0, 0.1) is 0 Å². The highest BCUT2D eigenvalue weighted by atomic mass is 32.1. The molecule has 0 saturated heterocycles. The number of para-hydroxylation sites is 2. The monoisotopic (exact) mass is 404 g/mol. The van der Waals surface area contributed by atoms with E-state index in [1.807, 2.05) is 60.7 Å². The van der Waals surface area contributed by atoms with Crippen molar-refractivity contribution in [2.45, 2.75) is 0 Å². The molecule has 0 saturated carbocycles. The molecule has 0 amide bonds. The lowest BCUT2D eigenvalue weighted by atomic mass is 10.1. The molecule has 136 valence electrons.